The molecule has 0 aliphatic carbocycles. The van der Waals surface area contributed by atoms with E-state index in [2.05, 4.69) is 20.8 Å². The number of thiazole rings is 1. The molecule has 3 rings (SSSR count). The maximum absolute atomic E-state index is 13.0. The molecular formula is C16H13FN4OS. The Balaban J connectivity index is 1.51. The molecule has 2 aromatic carbocycles. The van der Waals surface area contributed by atoms with Crippen LogP contribution in [0.4, 0.5) is 9.52 Å². The van der Waals surface area contributed by atoms with E-state index >= 15 is 0 Å². The highest BCUT2D eigenvalue weighted by atomic mass is 32.1. The highest BCUT2D eigenvalue weighted by Gasteiger charge is 2.04. The number of anilines is 1. The second-order valence-electron chi connectivity index (χ2n) is 4.69. The molecule has 3 aromatic rings. The van der Waals surface area contributed by atoms with Gasteiger partial charge in [0.2, 0.25) is 0 Å². The SMILES string of the molecule is O=C(CNc1nc2ccccc2s1)N/N=C\c1cccc(F)c1. The van der Waals surface area contributed by atoms with Crippen LogP contribution in [0.5, 0.6) is 0 Å². The number of carbonyl (C=O) groups is 1. The van der Waals surface area contributed by atoms with Crippen molar-refractivity contribution >= 4 is 38.8 Å². The summed E-state index contributed by atoms with van der Waals surface area (Å²) in [6, 6.07) is 13.7. The molecule has 0 fully saturated rings. The number of fused-ring (bicyclic) bond motifs is 1. The van der Waals surface area contributed by atoms with Crippen molar-refractivity contribution in [1.82, 2.24) is 10.4 Å². The molecule has 0 radical (unpaired) electrons. The molecule has 0 atom stereocenters. The van der Waals surface area contributed by atoms with Gasteiger partial charge in [-0.1, -0.05) is 35.6 Å². The van der Waals surface area contributed by atoms with Gasteiger partial charge in [0.1, 0.15) is 5.82 Å². The maximum Gasteiger partial charge on any atom is 0.259 e. The van der Waals surface area contributed by atoms with Gasteiger partial charge in [-0.15, -0.1) is 0 Å². The fraction of sp³-hybridized carbons (Fsp3) is 0.0625. The number of aromatic nitrogens is 1. The van der Waals surface area contributed by atoms with E-state index in [0.29, 0.717) is 10.7 Å². The lowest BCUT2D eigenvalue weighted by atomic mass is 10.2. The number of rotatable bonds is 5. The molecule has 23 heavy (non-hydrogen) atoms. The molecule has 0 aliphatic rings. The molecule has 0 spiro atoms. The highest BCUT2D eigenvalue weighted by Crippen LogP contribution is 2.24. The van der Waals surface area contributed by atoms with Gasteiger partial charge in [0.25, 0.3) is 5.91 Å². The zero-order valence-electron chi connectivity index (χ0n) is 12.0. The van der Waals surface area contributed by atoms with Crippen LogP contribution >= 0.6 is 11.3 Å². The van der Waals surface area contributed by atoms with Gasteiger partial charge in [-0.25, -0.2) is 14.8 Å². The number of para-hydroxylation sites is 1. The summed E-state index contributed by atoms with van der Waals surface area (Å²) in [5, 5.41) is 7.42. The molecule has 0 saturated carbocycles. The van der Waals surface area contributed by atoms with E-state index < -0.39 is 0 Å². The molecule has 1 aromatic heterocycles. The monoisotopic (exact) mass is 328 g/mol. The van der Waals surface area contributed by atoms with Gasteiger partial charge in [-0.2, -0.15) is 5.10 Å². The first-order valence-corrected chi connectivity index (χ1v) is 7.69. The van der Waals surface area contributed by atoms with Crippen LogP contribution in [0.1, 0.15) is 5.56 Å². The lowest BCUT2D eigenvalue weighted by molar-refractivity contribution is -0.119. The quantitative estimate of drug-likeness (QED) is 0.559. The molecule has 1 amide bonds. The molecule has 0 saturated heterocycles. The van der Waals surface area contributed by atoms with E-state index in [1.54, 1.807) is 12.1 Å². The van der Waals surface area contributed by atoms with E-state index in [9.17, 15) is 9.18 Å². The number of nitrogens with zero attached hydrogens (tertiary/aromatic N) is 2. The fourth-order valence-electron chi connectivity index (χ4n) is 1.91. The van der Waals surface area contributed by atoms with Crippen molar-refractivity contribution in [3.05, 3.63) is 59.9 Å². The van der Waals surface area contributed by atoms with Gasteiger partial charge in [0.15, 0.2) is 5.13 Å². The van der Waals surface area contributed by atoms with Gasteiger partial charge in [-0.05, 0) is 29.8 Å². The topological polar surface area (TPSA) is 66.4 Å². The summed E-state index contributed by atoms with van der Waals surface area (Å²) in [4.78, 5) is 16.1. The number of amides is 1. The van der Waals surface area contributed by atoms with E-state index in [4.69, 9.17) is 0 Å². The zero-order valence-corrected chi connectivity index (χ0v) is 12.8. The van der Waals surface area contributed by atoms with Crippen LogP contribution in [-0.2, 0) is 4.79 Å². The molecule has 2 N–H and O–H groups in total. The van der Waals surface area contributed by atoms with Crippen LogP contribution in [0.2, 0.25) is 0 Å². The summed E-state index contributed by atoms with van der Waals surface area (Å²) in [5.74, 6) is -0.658. The second kappa shape index (κ2) is 6.97. The van der Waals surface area contributed by atoms with Crippen molar-refractivity contribution < 1.29 is 9.18 Å². The molecule has 5 nitrogen and oxygen atoms in total. The van der Waals surface area contributed by atoms with E-state index in [1.807, 2.05) is 24.3 Å². The Morgan fingerprint density at radius 3 is 2.96 bits per heavy atom. The Kier molecular flexibility index (Phi) is 4.58. The largest absolute Gasteiger partial charge is 0.352 e. The Hall–Kier alpha value is -2.80. The normalized spacial score (nSPS) is 11.0. The molecule has 116 valence electrons. The zero-order chi connectivity index (χ0) is 16.1. The number of nitrogens with one attached hydrogen (secondary N) is 2. The standard InChI is InChI=1S/C16H13FN4OS/c17-12-5-3-4-11(8-12)9-19-21-15(22)10-18-16-20-13-6-1-2-7-14(13)23-16/h1-9H,10H2,(H,18,20)(H,21,22)/b19-9-. The van der Waals surface area contributed by atoms with Crippen molar-refractivity contribution in [2.45, 2.75) is 0 Å². The first-order valence-electron chi connectivity index (χ1n) is 6.87. The predicted molar refractivity (Wildman–Crippen MR) is 90.2 cm³/mol. The van der Waals surface area contributed by atoms with E-state index in [-0.39, 0.29) is 18.3 Å². The van der Waals surface area contributed by atoms with Crippen LogP contribution in [0.25, 0.3) is 10.2 Å². The maximum atomic E-state index is 13.0. The van der Waals surface area contributed by atoms with Crippen molar-refractivity contribution in [2.75, 3.05) is 11.9 Å². The molecular weight excluding hydrogens is 315 g/mol. The number of carbonyl (C=O) groups excluding carboxylic acids is 1. The van der Waals surface area contributed by atoms with Gasteiger partial charge in [0.05, 0.1) is 23.0 Å². The van der Waals surface area contributed by atoms with Crippen LogP contribution in [0.3, 0.4) is 0 Å². The van der Waals surface area contributed by atoms with Crippen LogP contribution in [0, 0.1) is 5.82 Å². The predicted octanol–water partition coefficient (Wildman–Crippen LogP) is 3.00. The number of halogens is 1. The molecule has 7 heteroatoms. The number of hydrogen-bond acceptors (Lipinski definition) is 5. The summed E-state index contributed by atoms with van der Waals surface area (Å²) >= 11 is 1.48. The highest BCUT2D eigenvalue weighted by molar-refractivity contribution is 7.22. The van der Waals surface area contributed by atoms with Crippen molar-refractivity contribution in [3.63, 3.8) is 0 Å². The minimum Gasteiger partial charge on any atom is -0.352 e. The number of hydrazone groups is 1. The molecule has 0 aliphatic heterocycles. The van der Waals surface area contributed by atoms with Gasteiger partial charge < -0.3 is 5.32 Å². The third-order valence-corrected chi connectivity index (χ3v) is 3.94. The third-order valence-electron chi connectivity index (χ3n) is 2.95. The van der Waals surface area contributed by atoms with Crippen LogP contribution in [0.15, 0.2) is 53.6 Å². The summed E-state index contributed by atoms with van der Waals surface area (Å²) in [7, 11) is 0. The van der Waals surface area contributed by atoms with Gasteiger partial charge >= 0.3 is 0 Å². The first kappa shape index (κ1) is 15.1. The van der Waals surface area contributed by atoms with E-state index in [1.165, 1.54) is 29.7 Å². The number of benzene rings is 2. The Bertz CT molecular complexity index is 829. The average molecular weight is 328 g/mol. The van der Waals surface area contributed by atoms with Gasteiger partial charge in [-0.3, -0.25) is 4.79 Å². The average Bonchev–Trinajstić information content (AvgIpc) is 2.96. The summed E-state index contributed by atoms with van der Waals surface area (Å²) in [5.41, 5.74) is 3.84. The van der Waals surface area contributed by atoms with Crippen LogP contribution < -0.4 is 10.7 Å². The Labute approximate surface area is 135 Å². The fourth-order valence-corrected chi connectivity index (χ4v) is 2.77. The van der Waals surface area contributed by atoms with Crippen LogP contribution in [-0.4, -0.2) is 23.7 Å². The first-order chi connectivity index (χ1) is 11.2. The third kappa shape index (κ3) is 4.10. The van der Waals surface area contributed by atoms with Crippen molar-refractivity contribution in [1.29, 1.82) is 0 Å². The van der Waals surface area contributed by atoms with Crippen molar-refractivity contribution in [2.24, 2.45) is 5.10 Å². The summed E-state index contributed by atoms with van der Waals surface area (Å²) in [6.07, 6.45) is 1.39. The molecule has 1 heterocycles. The smallest absolute Gasteiger partial charge is 0.259 e. The van der Waals surface area contributed by atoms with Gasteiger partial charge in [0, 0.05) is 0 Å². The van der Waals surface area contributed by atoms with Crippen molar-refractivity contribution in [3.8, 4) is 0 Å². The molecule has 0 unspecified atom stereocenters. The second-order valence-corrected chi connectivity index (χ2v) is 5.72. The Morgan fingerprint density at radius 2 is 2.13 bits per heavy atom. The lowest BCUT2D eigenvalue weighted by Gasteiger charge is -2.00. The van der Waals surface area contributed by atoms with E-state index in [0.717, 1.165) is 10.2 Å². The Morgan fingerprint density at radius 1 is 1.26 bits per heavy atom. The summed E-state index contributed by atoms with van der Waals surface area (Å²) in [6.45, 7) is 0.0559. The lowest BCUT2D eigenvalue weighted by Crippen LogP contribution is -2.25. The summed E-state index contributed by atoms with van der Waals surface area (Å²) < 4.78 is 14.0. The molecule has 0 bridgehead atoms. The number of hydrogen-bond donors (Lipinski definition) is 2. The minimum atomic E-state index is -0.349. The minimum absolute atomic E-state index is 0.0559.